The van der Waals surface area contributed by atoms with Crippen molar-refractivity contribution in [3.63, 3.8) is 0 Å². The first-order valence-electron chi connectivity index (χ1n) is 10.1. The van der Waals surface area contributed by atoms with Crippen LogP contribution in [-0.4, -0.2) is 29.3 Å². The molecule has 2 aromatic carbocycles. The molecule has 0 aromatic heterocycles. The molecule has 162 valence electrons. The van der Waals surface area contributed by atoms with Gasteiger partial charge >= 0.3 is 0 Å². The number of halogens is 3. The van der Waals surface area contributed by atoms with Gasteiger partial charge in [-0.05, 0) is 43.5 Å². The second-order valence-corrected chi connectivity index (χ2v) is 8.36. The van der Waals surface area contributed by atoms with Crippen molar-refractivity contribution in [2.75, 3.05) is 6.54 Å². The monoisotopic (exact) mass is 468 g/mol. The van der Waals surface area contributed by atoms with Crippen LogP contribution in [-0.2, 0) is 22.6 Å². The summed E-state index contributed by atoms with van der Waals surface area (Å²) in [4.78, 5) is 27.3. The lowest BCUT2D eigenvalue weighted by Gasteiger charge is -2.29. The zero-order valence-electron chi connectivity index (χ0n) is 17.3. The van der Waals surface area contributed by atoms with Gasteiger partial charge in [0.25, 0.3) is 0 Å². The first-order valence-corrected chi connectivity index (χ1v) is 11.2. The highest BCUT2D eigenvalue weighted by atomic mass is 35.5. The van der Waals surface area contributed by atoms with E-state index in [1.807, 2.05) is 18.2 Å². The van der Waals surface area contributed by atoms with Crippen molar-refractivity contribution in [3.8, 4) is 0 Å². The molecule has 2 aromatic rings. The van der Waals surface area contributed by atoms with Gasteiger partial charge in [-0.1, -0.05) is 72.4 Å². The normalized spacial score (nSPS) is 11.8. The lowest BCUT2D eigenvalue weighted by atomic mass is 10.1. The highest BCUT2D eigenvalue weighted by molar-refractivity contribution is 6.36. The largest absolute Gasteiger partial charge is 0.354 e. The van der Waals surface area contributed by atoms with Crippen LogP contribution in [0.3, 0.4) is 0 Å². The van der Waals surface area contributed by atoms with Crippen molar-refractivity contribution in [3.05, 3.63) is 68.7 Å². The number of carbonyl (C=O) groups is 2. The quantitative estimate of drug-likeness (QED) is 0.440. The molecule has 1 atom stereocenters. The SMILES string of the molecule is CCCCNC(=O)C(C)N(Cc1c(Cl)cccc1Cl)C(=O)CCc1ccccc1Cl. The van der Waals surface area contributed by atoms with E-state index in [4.69, 9.17) is 34.8 Å². The number of aryl methyl sites for hydroxylation is 1. The average molecular weight is 470 g/mol. The van der Waals surface area contributed by atoms with Crippen LogP contribution >= 0.6 is 34.8 Å². The van der Waals surface area contributed by atoms with Crippen molar-refractivity contribution in [1.29, 1.82) is 0 Å². The van der Waals surface area contributed by atoms with E-state index in [0.717, 1.165) is 18.4 Å². The van der Waals surface area contributed by atoms with Crippen LogP contribution in [0.5, 0.6) is 0 Å². The van der Waals surface area contributed by atoms with E-state index in [-0.39, 0.29) is 24.8 Å². The van der Waals surface area contributed by atoms with E-state index in [1.54, 1.807) is 31.2 Å². The third-order valence-electron chi connectivity index (χ3n) is 4.95. The molecule has 4 nitrogen and oxygen atoms in total. The van der Waals surface area contributed by atoms with Crippen LogP contribution in [0.25, 0.3) is 0 Å². The Bertz CT molecular complexity index is 853. The zero-order valence-corrected chi connectivity index (χ0v) is 19.5. The lowest BCUT2D eigenvalue weighted by molar-refractivity contribution is -0.140. The summed E-state index contributed by atoms with van der Waals surface area (Å²) in [5.41, 5.74) is 1.52. The summed E-state index contributed by atoms with van der Waals surface area (Å²) in [7, 11) is 0. The van der Waals surface area contributed by atoms with Crippen molar-refractivity contribution < 1.29 is 9.59 Å². The molecule has 1 N–H and O–H groups in total. The Kier molecular flexibility index (Phi) is 9.96. The van der Waals surface area contributed by atoms with Crippen LogP contribution in [0.4, 0.5) is 0 Å². The third kappa shape index (κ3) is 6.90. The highest BCUT2D eigenvalue weighted by Crippen LogP contribution is 2.27. The summed E-state index contributed by atoms with van der Waals surface area (Å²) >= 11 is 18.9. The van der Waals surface area contributed by atoms with Gasteiger partial charge in [-0.2, -0.15) is 0 Å². The van der Waals surface area contributed by atoms with E-state index >= 15 is 0 Å². The topological polar surface area (TPSA) is 49.4 Å². The van der Waals surface area contributed by atoms with Crippen LogP contribution < -0.4 is 5.32 Å². The molecule has 0 spiro atoms. The van der Waals surface area contributed by atoms with Gasteiger partial charge in [-0.15, -0.1) is 0 Å². The van der Waals surface area contributed by atoms with Crippen molar-refractivity contribution in [1.82, 2.24) is 10.2 Å². The van der Waals surface area contributed by atoms with E-state index in [1.165, 1.54) is 4.90 Å². The molecule has 0 fully saturated rings. The van der Waals surface area contributed by atoms with Gasteiger partial charge in [-0.25, -0.2) is 0 Å². The number of unbranched alkanes of at least 4 members (excludes halogenated alkanes) is 1. The van der Waals surface area contributed by atoms with Gasteiger partial charge in [0.2, 0.25) is 11.8 Å². The summed E-state index contributed by atoms with van der Waals surface area (Å²) in [5.74, 6) is -0.359. The molecule has 0 bridgehead atoms. The molecule has 0 saturated carbocycles. The van der Waals surface area contributed by atoms with Crippen molar-refractivity contribution in [2.24, 2.45) is 0 Å². The first-order chi connectivity index (χ1) is 14.3. The molecule has 30 heavy (non-hydrogen) atoms. The number of rotatable bonds is 10. The van der Waals surface area contributed by atoms with Crippen LogP contribution in [0.2, 0.25) is 15.1 Å². The van der Waals surface area contributed by atoms with Gasteiger partial charge in [0.05, 0.1) is 0 Å². The minimum Gasteiger partial charge on any atom is -0.354 e. The van der Waals surface area contributed by atoms with Gasteiger partial charge in [0.1, 0.15) is 6.04 Å². The first kappa shape index (κ1) is 24.5. The molecule has 0 radical (unpaired) electrons. The van der Waals surface area contributed by atoms with E-state index in [0.29, 0.717) is 33.6 Å². The number of nitrogens with one attached hydrogen (secondary N) is 1. The predicted octanol–water partition coefficient (Wildman–Crippen LogP) is 5.91. The fourth-order valence-electron chi connectivity index (χ4n) is 3.06. The summed E-state index contributed by atoms with van der Waals surface area (Å²) < 4.78 is 0. The second-order valence-electron chi connectivity index (χ2n) is 7.13. The Morgan fingerprint density at radius 3 is 2.27 bits per heavy atom. The third-order valence-corrected chi connectivity index (χ3v) is 6.03. The molecule has 1 unspecified atom stereocenters. The summed E-state index contributed by atoms with van der Waals surface area (Å²) in [6.07, 6.45) is 2.56. The van der Waals surface area contributed by atoms with Gasteiger partial charge < -0.3 is 10.2 Å². The molecule has 2 rings (SSSR count). The summed E-state index contributed by atoms with van der Waals surface area (Å²) in [6.45, 7) is 4.51. The number of amides is 2. The molecule has 0 saturated heterocycles. The van der Waals surface area contributed by atoms with Gasteiger partial charge in [0.15, 0.2) is 0 Å². The minimum atomic E-state index is -0.659. The standard InChI is InChI=1S/C23H27Cl3N2O2/c1-3-4-14-27-23(30)16(2)28(15-18-20(25)10-7-11-21(18)26)22(29)13-12-17-8-5-6-9-19(17)24/h5-11,16H,3-4,12-15H2,1-2H3,(H,27,30). The average Bonchev–Trinajstić information content (AvgIpc) is 2.72. The minimum absolute atomic E-state index is 0.155. The van der Waals surface area contributed by atoms with Crippen LogP contribution in [0.1, 0.15) is 44.2 Å². The second kappa shape index (κ2) is 12.2. The fraction of sp³-hybridized carbons (Fsp3) is 0.391. The maximum absolute atomic E-state index is 13.1. The lowest BCUT2D eigenvalue weighted by Crippen LogP contribution is -2.48. The van der Waals surface area contributed by atoms with Crippen molar-refractivity contribution in [2.45, 2.75) is 52.1 Å². The number of nitrogens with zero attached hydrogens (tertiary/aromatic N) is 1. The van der Waals surface area contributed by atoms with Crippen LogP contribution in [0, 0.1) is 0 Å². The van der Waals surface area contributed by atoms with Gasteiger partial charge in [0, 0.05) is 40.1 Å². The van der Waals surface area contributed by atoms with E-state index < -0.39 is 6.04 Å². The Morgan fingerprint density at radius 1 is 1.00 bits per heavy atom. The molecule has 0 aliphatic carbocycles. The Hall–Kier alpha value is -1.75. The smallest absolute Gasteiger partial charge is 0.242 e. The Labute approximate surface area is 193 Å². The van der Waals surface area contributed by atoms with E-state index in [9.17, 15) is 9.59 Å². The predicted molar refractivity (Wildman–Crippen MR) is 124 cm³/mol. The number of benzene rings is 2. The zero-order chi connectivity index (χ0) is 22.1. The highest BCUT2D eigenvalue weighted by Gasteiger charge is 2.27. The summed E-state index contributed by atoms with van der Waals surface area (Å²) in [5, 5.41) is 4.44. The van der Waals surface area contributed by atoms with Gasteiger partial charge in [-0.3, -0.25) is 9.59 Å². The van der Waals surface area contributed by atoms with E-state index in [2.05, 4.69) is 12.2 Å². The summed E-state index contributed by atoms with van der Waals surface area (Å²) in [6, 6.07) is 12.0. The van der Waals surface area contributed by atoms with Crippen LogP contribution in [0.15, 0.2) is 42.5 Å². The van der Waals surface area contributed by atoms with Crippen molar-refractivity contribution >= 4 is 46.6 Å². The fourth-order valence-corrected chi connectivity index (χ4v) is 3.81. The molecule has 0 aliphatic heterocycles. The molecule has 7 heteroatoms. The molecule has 2 amide bonds. The Balaban J connectivity index is 2.19. The molecular weight excluding hydrogens is 443 g/mol. The maximum atomic E-state index is 13.1. The Morgan fingerprint density at radius 2 is 1.63 bits per heavy atom. The molecular formula is C23H27Cl3N2O2. The molecule has 0 aliphatic rings. The number of carbonyl (C=O) groups excluding carboxylic acids is 2. The molecule has 0 heterocycles. The number of hydrogen-bond acceptors (Lipinski definition) is 2. The number of hydrogen-bond donors (Lipinski definition) is 1. The maximum Gasteiger partial charge on any atom is 0.242 e.